The van der Waals surface area contributed by atoms with Crippen molar-refractivity contribution >= 4 is 11.7 Å². The lowest BCUT2D eigenvalue weighted by molar-refractivity contribution is -0.152. The average molecular weight is 245 g/mol. The molecule has 0 saturated heterocycles. The number of fused-ring (bicyclic) bond motifs is 3. The number of nitrogens with zero attached hydrogens (tertiary/aromatic N) is 1. The third kappa shape index (κ3) is 1.60. The SMILES string of the molecule is COc1ccc2c(c1)CCC1(C)OC(=O)CN=C21. The Morgan fingerprint density at radius 3 is 3.06 bits per heavy atom. The highest BCUT2D eigenvalue weighted by atomic mass is 16.6. The molecule has 1 aromatic rings. The van der Waals surface area contributed by atoms with Crippen LogP contribution in [-0.2, 0) is 16.0 Å². The predicted molar refractivity (Wildman–Crippen MR) is 67.2 cm³/mol. The van der Waals surface area contributed by atoms with Crippen molar-refractivity contribution in [1.82, 2.24) is 0 Å². The zero-order valence-corrected chi connectivity index (χ0v) is 10.5. The molecule has 4 nitrogen and oxygen atoms in total. The van der Waals surface area contributed by atoms with Crippen LogP contribution in [0.5, 0.6) is 5.75 Å². The summed E-state index contributed by atoms with van der Waals surface area (Å²) in [5.41, 5.74) is 2.63. The van der Waals surface area contributed by atoms with Crippen molar-refractivity contribution in [2.75, 3.05) is 13.7 Å². The molecule has 4 heteroatoms. The number of carbonyl (C=O) groups is 1. The summed E-state index contributed by atoms with van der Waals surface area (Å²) < 4.78 is 10.7. The van der Waals surface area contributed by atoms with Crippen LogP contribution < -0.4 is 4.74 Å². The monoisotopic (exact) mass is 245 g/mol. The molecule has 1 unspecified atom stereocenters. The van der Waals surface area contributed by atoms with E-state index in [0.717, 1.165) is 29.9 Å². The zero-order chi connectivity index (χ0) is 12.8. The normalized spacial score (nSPS) is 25.7. The molecule has 0 radical (unpaired) electrons. The molecule has 0 aromatic heterocycles. The topological polar surface area (TPSA) is 47.9 Å². The summed E-state index contributed by atoms with van der Waals surface area (Å²) in [6.07, 6.45) is 1.65. The van der Waals surface area contributed by atoms with E-state index in [1.807, 2.05) is 25.1 Å². The van der Waals surface area contributed by atoms with Crippen LogP contribution in [0.3, 0.4) is 0 Å². The van der Waals surface area contributed by atoms with E-state index in [1.54, 1.807) is 7.11 Å². The summed E-state index contributed by atoms with van der Waals surface area (Å²) in [5, 5.41) is 0. The Bertz CT molecular complexity index is 550. The molecule has 1 aromatic carbocycles. The smallest absolute Gasteiger partial charge is 0.328 e. The summed E-state index contributed by atoms with van der Waals surface area (Å²) >= 11 is 0. The number of aliphatic imine (C=N–C) groups is 1. The second kappa shape index (κ2) is 3.83. The van der Waals surface area contributed by atoms with Crippen LogP contribution in [0.25, 0.3) is 0 Å². The second-order valence-electron chi connectivity index (χ2n) is 4.89. The number of carbonyl (C=O) groups excluding carboxylic acids is 1. The number of hydrogen-bond donors (Lipinski definition) is 0. The molecule has 0 spiro atoms. The molecule has 1 heterocycles. The largest absolute Gasteiger partial charge is 0.497 e. The minimum absolute atomic E-state index is 0.121. The lowest BCUT2D eigenvalue weighted by Gasteiger charge is -2.38. The van der Waals surface area contributed by atoms with Gasteiger partial charge in [0.15, 0.2) is 5.60 Å². The Kier molecular flexibility index (Phi) is 2.40. The Balaban J connectivity index is 2.10. The van der Waals surface area contributed by atoms with E-state index in [0.29, 0.717) is 0 Å². The minimum Gasteiger partial charge on any atom is -0.497 e. The number of benzene rings is 1. The van der Waals surface area contributed by atoms with Gasteiger partial charge < -0.3 is 9.47 Å². The van der Waals surface area contributed by atoms with Crippen molar-refractivity contribution < 1.29 is 14.3 Å². The van der Waals surface area contributed by atoms with Gasteiger partial charge in [0.1, 0.15) is 12.3 Å². The van der Waals surface area contributed by atoms with E-state index in [4.69, 9.17) is 9.47 Å². The van der Waals surface area contributed by atoms with Crippen LogP contribution in [0.2, 0.25) is 0 Å². The lowest BCUT2D eigenvalue weighted by atomic mass is 9.79. The van der Waals surface area contributed by atoms with Crippen LogP contribution in [0.4, 0.5) is 0 Å². The van der Waals surface area contributed by atoms with Crippen molar-refractivity contribution in [3.8, 4) is 5.75 Å². The lowest BCUT2D eigenvalue weighted by Crippen LogP contribution is -2.48. The maximum atomic E-state index is 11.4. The van der Waals surface area contributed by atoms with Gasteiger partial charge in [-0.25, -0.2) is 0 Å². The number of ether oxygens (including phenoxy) is 2. The van der Waals surface area contributed by atoms with E-state index >= 15 is 0 Å². The highest BCUT2D eigenvalue weighted by Gasteiger charge is 2.42. The first kappa shape index (κ1) is 11.3. The van der Waals surface area contributed by atoms with E-state index in [1.165, 1.54) is 5.56 Å². The minimum atomic E-state index is -0.559. The van der Waals surface area contributed by atoms with Gasteiger partial charge in [0.25, 0.3) is 0 Å². The highest BCUT2D eigenvalue weighted by molar-refractivity contribution is 6.11. The molecule has 18 heavy (non-hydrogen) atoms. The van der Waals surface area contributed by atoms with Crippen LogP contribution in [0.15, 0.2) is 23.2 Å². The van der Waals surface area contributed by atoms with Crippen molar-refractivity contribution in [3.05, 3.63) is 29.3 Å². The Labute approximate surface area is 106 Å². The molecule has 0 fully saturated rings. The molecule has 0 saturated carbocycles. The molecule has 1 aliphatic heterocycles. The maximum Gasteiger partial charge on any atom is 0.328 e. The summed E-state index contributed by atoms with van der Waals surface area (Å²) in [5.74, 6) is 0.615. The molecule has 1 atom stereocenters. The fourth-order valence-corrected chi connectivity index (χ4v) is 2.69. The third-order valence-corrected chi connectivity index (χ3v) is 3.65. The Morgan fingerprint density at radius 1 is 1.44 bits per heavy atom. The highest BCUT2D eigenvalue weighted by Crippen LogP contribution is 2.35. The van der Waals surface area contributed by atoms with Gasteiger partial charge in [0, 0.05) is 5.56 Å². The molecular weight excluding hydrogens is 230 g/mol. The summed E-state index contributed by atoms with van der Waals surface area (Å²) in [6, 6.07) is 5.96. The second-order valence-corrected chi connectivity index (χ2v) is 4.89. The standard InChI is InChI=1S/C14H15NO3/c1-14-6-5-9-7-10(17-2)3-4-11(9)13(14)15-8-12(16)18-14/h3-4,7H,5-6,8H2,1-2H3. The van der Waals surface area contributed by atoms with Gasteiger partial charge in [-0.05, 0) is 43.5 Å². The van der Waals surface area contributed by atoms with Gasteiger partial charge in [-0.1, -0.05) is 0 Å². The van der Waals surface area contributed by atoms with Gasteiger partial charge in [0.05, 0.1) is 12.8 Å². The average Bonchev–Trinajstić information content (AvgIpc) is 2.36. The van der Waals surface area contributed by atoms with Crippen LogP contribution in [0.1, 0.15) is 24.5 Å². The quantitative estimate of drug-likeness (QED) is 0.708. The number of hydrogen-bond acceptors (Lipinski definition) is 4. The Morgan fingerprint density at radius 2 is 2.28 bits per heavy atom. The van der Waals surface area contributed by atoms with Gasteiger partial charge in [-0.3, -0.25) is 9.79 Å². The molecule has 0 amide bonds. The third-order valence-electron chi connectivity index (χ3n) is 3.65. The number of esters is 1. The maximum absolute atomic E-state index is 11.4. The van der Waals surface area contributed by atoms with Crippen molar-refractivity contribution in [2.45, 2.75) is 25.4 Å². The van der Waals surface area contributed by atoms with Gasteiger partial charge >= 0.3 is 5.97 Å². The Hall–Kier alpha value is -1.84. The van der Waals surface area contributed by atoms with Crippen LogP contribution in [-0.4, -0.2) is 30.9 Å². The zero-order valence-electron chi connectivity index (χ0n) is 10.5. The fraction of sp³-hybridized carbons (Fsp3) is 0.429. The van der Waals surface area contributed by atoms with Gasteiger partial charge in [0.2, 0.25) is 0 Å². The number of methoxy groups -OCH3 is 1. The van der Waals surface area contributed by atoms with Gasteiger partial charge in [-0.2, -0.15) is 0 Å². The molecule has 1 aliphatic carbocycles. The predicted octanol–water partition coefficient (Wildman–Crippen LogP) is 1.75. The van der Waals surface area contributed by atoms with Crippen molar-refractivity contribution in [2.24, 2.45) is 4.99 Å². The van der Waals surface area contributed by atoms with Crippen molar-refractivity contribution in [1.29, 1.82) is 0 Å². The molecular formula is C14H15NO3. The van der Waals surface area contributed by atoms with E-state index < -0.39 is 5.60 Å². The first-order chi connectivity index (χ1) is 8.62. The first-order valence-corrected chi connectivity index (χ1v) is 6.06. The molecule has 94 valence electrons. The number of rotatable bonds is 1. The van der Waals surface area contributed by atoms with Crippen molar-refractivity contribution in [3.63, 3.8) is 0 Å². The van der Waals surface area contributed by atoms with Gasteiger partial charge in [-0.15, -0.1) is 0 Å². The summed E-state index contributed by atoms with van der Waals surface area (Å²) in [6.45, 7) is 2.06. The summed E-state index contributed by atoms with van der Waals surface area (Å²) in [7, 11) is 1.66. The number of aryl methyl sites for hydroxylation is 1. The molecule has 0 bridgehead atoms. The van der Waals surface area contributed by atoms with Crippen LogP contribution in [0, 0.1) is 0 Å². The van der Waals surface area contributed by atoms with E-state index in [9.17, 15) is 4.79 Å². The summed E-state index contributed by atoms with van der Waals surface area (Å²) in [4.78, 5) is 15.8. The fourth-order valence-electron chi connectivity index (χ4n) is 2.69. The van der Waals surface area contributed by atoms with Crippen LogP contribution >= 0.6 is 0 Å². The molecule has 0 N–H and O–H groups in total. The van der Waals surface area contributed by atoms with E-state index in [2.05, 4.69) is 4.99 Å². The molecule has 3 rings (SSSR count). The molecule has 2 aliphatic rings. The van der Waals surface area contributed by atoms with E-state index in [-0.39, 0.29) is 12.5 Å². The first-order valence-electron chi connectivity index (χ1n) is 6.06.